The zero-order chi connectivity index (χ0) is 14.0. The van der Waals surface area contributed by atoms with Gasteiger partial charge >= 0.3 is 0 Å². The molecule has 98 valence electrons. The Kier molecular flexibility index (Phi) is 3.66. The van der Waals surface area contributed by atoms with E-state index < -0.39 is 0 Å². The van der Waals surface area contributed by atoms with Crippen LogP contribution in [0.4, 0.5) is 11.5 Å². The highest BCUT2D eigenvalue weighted by molar-refractivity contribution is 9.10. The summed E-state index contributed by atoms with van der Waals surface area (Å²) in [5, 5.41) is 7.43. The van der Waals surface area contributed by atoms with Crippen molar-refractivity contribution >= 4 is 33.3 Å². The maximum atomic E-state index is 11.5. The molecule has 1 aromatic heterocycles. The third kappa shape index (κ3) is 2.65. The molecule has 1 heterocycles. The van der Waals surface area contributed by atoms with E-state index in [1.54, 1.807) is 30.1 Å². The fourth-order valence-electron chi connectivity index (χ4n) is 1.61. The highest BCUT2D eigenvalue weighted by Crippen LogP contribution is 2.26. The zero-order valence-electron chi connectivity index (χ0n) is 10.1. The van der Waals surface area contributed by atoms with Gasteiger partial charge in [0.05, 0.1) is 6.33 Å². The van der Waals surface area contributed by atoms with Crippen LogP contribution < -0.4 is 16.2 Å². The molecule has 0 saturated heterocycles. The molecule has 6 nitrogen and oxygen atoms in total. The van der Waals surface area contributed by atoms with Gasteiger partial charge in [0.25, 0.3) is 5.56 Å². The predicted octanol–water partition coefficient (Wildman–Crippen LogP) is 1.58. The third-order valence-corrected chi connectivity index (χ3v) is 3.36. The molecule has 4 N–H and O–H groups in total. The molecule has 0 radical (unpaired) electrons. The van der Waals surface area contributed by atoms with E-state index in [1.165, 1.54) is 6.33 Å². The van der Waals surface area contributed by atoms with Gasteiger partial charge in [-0.25, -0.2) is 4.98 Å². The van der Waals surface area contributed by atoms with Crippen molar-refractivity contribution in [2.75, 3.05) is 11.9 Å². The van der Waals surface area contributed by atoms with Gasteiger partial charge in [-0.1, -0.05) is 12.1 Å². The van der Waals surface area contributed by atoms with Crippen molar-refractivity contribution in [3.8, 4) is 0 Å². The summed E-state index contributed by atoms with van der Waals surface area (Å²) in [5.74, 6) is 0.484. The lowest BCUT2D eigenvalue weighted by molar-refractivity contribution is 1.04. The van der Waals surface area contributed by atoms with Crippen LogP contribution in [0.25, 0.3) is 0 Å². The third-order valence-electron chi connectivity index (χ3n) is 2.64. The lowest BCUT2D eigenvalue weighted by Crippen LogP contribution is -2.18. The van der Waals surface area contributed by atoms with E-state index in [-0.39, 0.29) is 11.4 Å². The Morgan fingerprint density at radius 1 is 1.53 bits per heavy atom. The van der Waals surface area contributed by atoms with Gasteiger partial charge in [-0.15, -0.1) is 0 Å². The van der Waals surface area contributed by atoms with Gasteiger partial charge in [0.1, 0.15) is 10.3 Å². The average molecular weight is 322 g/mol. The molecule has 0 amide bonds. The van der Waals surface area contributed by atoms with Crippen molar-refractivity contribution in [2.24, 2.45) is 5.73 Å². The Balaban J connectivity index is 2.47. The monoisotopic (exact) mass is 321 g/mol. The summed E-state index contributed by atoms with van der Waals surface area (Å²) in [4.78, 5) is 19.9. The maximum Gasteiger partial charge on any atom is 0.267 e. The van der Waals surface area contributed by atoms with Crippen LogP contribution in [0.1, 0.15) is 5.56 Å². The van der Waals surface area contributed by atoms with Crippen molar-refractivity contribution in [3.05, 3.63) is 51.0 Å². The number of benzene rings is 1. The van der Waals surface area contributed by atoms with Gasteiger partial charge < -0.3 is 15.6 Å². The topological polar surface area (TPSA) is 98.9 Å². The van der Waals surface area contributed by atoms with E-state index in [4.69, 9.17) is 11.1 Å². The minimum atomic E-state index is -0.250. The molecule has 19 heavy (non-hydrogen) atoms. The second kappa shape index (κ2) is 5.23. The first-order valence-electron chi connectivity index (χ1n) is 5.42. The van der Waals surface area contributed by atoms with Gasteiger partial charge in [-0.3, -0.25) is 10.2 Å². The fourth-order valence-corrected chi connectivity index (χ4v) is 2.09. The first kappa shape index (κ1) is 13.3. The Labute approximate surface area is 117 Å². The molecule has 0 bridgehead atoms. The van der Waals surface area contributed by atoms with Crippen LogP contribution in [-0.2, 0) is 0 Å². The van der Waals surface area contributed by atoms with Crippen molar-refractivity contribution in [2.45, 2.75) is 0 Å². The van der Waals surface area contributed by atoms with Crippen molar-refractivity contribution in [3.63, 3.8) is 0 Å². The largest absolute Gasteiger partial charge is 0.384 e. The first-order chi connectivity index (χ1) is 9.00. The van der Waals surface area contributed by atoms with E-state index in [2.05, 4.69) is 25.9 Å². The first-order valence-corrected chi connectivity index (χ1v) is 6.21. The van der Waals surface area contributed by atoms with Gasteiger partial charge in [0, 0.05) is 18.3 Å². The quantitative estimate of drug-likeness (QED) is 0.590. The molecular weight excluding hydrogens is 310 g/mol. The van der Waals surface area contributed by atoms with E-state index in [9.17, 15) is 4.79 Å². The number of hydrogen-bond donors (Lipinski definition) is 3. The van der Waals surface area contributed by atoms with E-state index in [0.29, 0.717) is 15.9 Å². The predicted molar refractivity (Wildman–Crippen MR) is 78.1 cm³/mol. The lowest BCUT2D eigenvalue weighted by atomic mass is 10.2. The van der Waals surface area contributed by atoms with Crippen molar-refractivity contribution in [1.82, 2.24) is 9.97 Å². The highest BCUT2D eigenvalue weighted by atomic mass is 79.9. The van der Waals surface area contributed by atoms with Crippen LogP contribution in [0.5, 0.6) is 0 Å². The fraction of sp³-hybridized carbons (Fsp3) is 0.0833. The number of amidine groups is 1. The number of H-pyrrole nitrogens is 1. The molecule has 0 saturated carbocycles. The molecule has 0 aliphatic heterocycles. The highest BCUT2D eigenvalue weighted by Gasteiger charge is 2.12. The molecule has 2 aromatic rings. The molecule has 0 fully saturated rings. The summed E-state index contributed by atoms with van der Waals surface area (Å²) in [6.45, 7) is 0. The molecule has 0 aliphatic carbocycles. The van der Waals surface area contributed by atoms with Gasteiger partial charge in [-0.05, 0) is 28.1 Å². The van der Waals surface area contributed by atoms with Crippen molar-refractivity contribution < 1.29 is 0 Å². The van der Waals surface area contributed by atoms with Gasteiger partial charge in [0.2, 0.25) is 0 Å². The molecule has 0 unspecified atom stereocenters. The normalized spacial score (nSPS) is 10.2. The Hall–Kier alpha value is -2.15. The number of nitrogens with one attached hydrogen (secondary N) is 2. The maximum absolute atomic E-state index is 11.5. The number of aromatic amines is 1. The molecular formula is C12H12BrN5O. The molecule has 1 aromatic carbocycles. The van der Waals surface area contributed by atoms with Crippen LogP contribution in [0.3, 0.4) is 0 Å². The van der Waals surface area contributed by atoms with E-state index in [0.717, 1.165) is 5.69 Å². The minimum absolute atomic E-state index is 0.00631. The van der Waals surface area contributed by atoms with Crippen LogP contribution >= 0.6 is 15.9 Å². The Morgan fingerprint density at radius 3 is 2.95 bits per heavy atom. The number of anilines is 2. The zero-order valence-corrected chi connectivity index (χ0v) is 11.7. The van der Waals surface area contributed by atoms with E-state index in [1.807, 2.05) is 6.07 Å². The van der Waals surface area contributed by atoms with Gasteiger partial charge in [-0.2, -0.15) is 0 Å². The number of nitrogens with two attached hydrogens (primary N) is 1. The number of aromatic nitrogens is 2. The second-order valence-corrected chi connectivity index (χ2v) is 4.69. The number of nitrogen functional groups attached to an aromatic ring is 1. The summed E-state index contributed by atoms with van der Waals surface area (Å²) >= 11 is 3.21. The van der Waals surface area contributed by atoms with E-state index >= 15 is 0 Å². The summed E-state index contributed by atoms with van der Waals surface area (Å²) < 4.78 is 0.353. The lowest BCUT2D eigenvalue weighted by Gasteiger charge is -2.19. The number of rotatable bonds is 3. The molecule has 0 atom stereocenters. The van der Waals surface area contributed by atoms with Crippen LogP contribution in [-0.4, -0.2) is 22.9 Å². The summed E-state index contributed by atoms with van der Waals surface area (Å²) in [7, 11) is 1.78. The van der Waals surface area contributed by atoms with Crippen LogP contribution in [0.2, 0.25) is 0 Å². The average Bonchev–Trinajstić information content (AvgIpc) is 2.41. The molecule has 7 heteroatoms. The number of nitrogens with zero attached hydrogens (tertiary/aromatic N) is 2. The van der Waals surface area contributed by atoms with Gasteiger partial charge in [0.15, 0.2) is 5.82 Å². The standard InChI is InChI=1S/C12H12BrN5O/c1-18(11-9(13)12(19)17-6-16-11)8-4-2-3-7(5-8)10(14)15/h2-6H,1H3,(H3,14,15)(H,16,17,19). The summed E-state index contributed by atoms with van der Waals surface area (Å²) in [6, 6.07) is 7.16. The van der Waals surface area contributed by atoms with Crippen LogP contribution in [0.15, 0.2) is 39.9 Å². The number of halogens is 1. The van der Waals surface area contributed by atoms with Crippen LogP contribution in [0, 0.1) is 5.41 Å². The van der Waals surface area contributed by atoms with Crippen molar-refractivity contribution in [1.29, 1.82) is 5.41 Å². The SMILES string of the molecule is CN(c1cccc(C(=N)N)c1)c1nc[nH]c(=O)c1Br. The molecule has 0 spiro atoms. The minimum Gasteiger partial charge on any atom is -0.384 e. The Morgan fingerprint density at radius 2 is 2.26 bits per heavy atom. The Bertz CT molecular complexity index is 682. The number of hydrogen-bond acceptors (Lipinski definition) is 4. The molecule has 2 rings (SSSR count). The molecule has 0 aliphatic rings. The second-order valence-electron chi connectivity index (χ2n) is 3.89. The summed E-state index contributed by atoms with van der Waals surface area (Å²) in [5.41, 5.74) is 6.61. The summed E-state index contributed by atoms with van der Waals surface area (Å²) in [6.07, 6.45) is 1.34. The smallest absolute Gasteiger partial charge is 0.267 e.